The van der Waals surface area contributed by atoms with Gasteiger partial charge in [-0.15, -0.1) is 0 Å². The molecule has 1 N–H and O–H groups in total. The topological polar surface area (TPSA) is 38.7 Å². The molecule has 0 amide bonds. The molecule has 14 heavy (non-hydrogen) atoms. The van der Waals surface area contributed by atoms with Crippen molar-refractivity contribution in [1.82, 2.24) is 0 Å². The van der Waals surface area contributed by atoms with Gasteiger partial charge in [0.15, 0.2) is 0 Å². The minimum absolute atomic E-state index is 0.209. The third-order valence-corrected chi connectivity index (χ3v) is 1.92. The van der Waals surface area contributed by atoms with Crippen molar-refractivity contribution >= 4 is 0 Å². The molecule has 0 radical (unpaired) electrons. The third kappa shape index (κ3) is 11.9. The van der Waals surface area contributed by atoms with Gasteiger partial charge in [0.25, 0.3) is 0 Å². The molecular formula is C11H24O3. The van der Waals surface area contributed by atoms with Crippen LogP contribution in [0.15, 0.2) is 0 Å². The predicted octanol–water partition coefficient (Wildman–Crippen LogP) is 1.98. The molecule has 1 atom stereocenters. The van der Waals surface area contributed by atoms with E-state index < -0.39 is 0 Å². The Labute approximate surface area is 87.4 Å². The fraction of sp³-hybridized carbons (Fsp3) is 1.00. The largest absolute Gasteiger partial charge is 0.393 e. The zero-order valence-corrected chi connectivity index (χ0v) is 9.50. The van der Waals surface area contributed by atoms with Gasteiger partial charge in [-0.05, 0) is 26.2 Å². The zero-order chi connectivity index (χ0) is 10.6. The molecule has 0 aromatic carbocycles. The van der Waals surface area contributed by atoms with Gasteiger partial charge in [0, 0.05) is 13.2 Å². The summed E-state index contributed by atoms with van der Waals surface area (Å²) in [5, 5.41) is 8.97. The Balaban J connectivity index is 2.85. The van der Waals surface area contributed by atoms with Crippen LogP contribution in [0.2, 0.25) is 0 Å². The Kier molecular flexibility index (Phi) is 10.9. The van der Waals surface area contributed by atoms with E-state index in [4.69, 9.17) is 14.6 Å². The fourth-order valence-electron chi connectivity index (χ4n) is 1.05. The number of rotatable bonds is 10. The van der Waals surface area contributed by atoms with E-state index >= 15 is 0 Å². The number of unbranched alkanes of at least 4 members (excludes halogenated alkanes) is 1. The normalized spacial score (nSPS) is 13.1. The van der Waals surface area contributed by atoms with Crippen LogP contribution in [-0.2, 0) is 9.47 Å². The summed E-state index contributed by atoms with van der Waals surface area (Å²) in [6, 6.07) is 0. The third-order valence-electron chi connectivity index (χ3n) is 1.92. The Hall–Kier alpha value is -0.120. The summed E-state index contributed by atoms with van der Waals surface area (Å²) in [5.41, 5.74) is 0. The van der Waals surface area contributed by atoms with E-state index in [-0.39, 0.29) is 6.10 Å². The predicted molar refractivity (Wildman–Crippen MR) is 57.5 cm³/mol. The lowest BCUT2D eigenvalue weighted by Gasteiger charge is -2.06. The molecular weight excluding hydrogens is 180 g/mol. The van der Waals surface area contributed by atoms with E-state index in [1.807, 2.05) is 0 Å². The van der Waals surface area contributed by atoms with Gasteiger partial charge in [-0.3, -0.25) is 0 Å². The second-order valence-electron chi connectivity index (χ2n) is 3.57. The number of aliphatic hydroxyl groups excluding tert-OH is 1. The smallest absolute Gasteiger partial charge is 0.0700 e. The molecule has 0 spiro atoms. The molecule has 0 bridgehead atoms. The first-order chi connectivity index (χ1) is 6.77. The number of aliphatic hydroxyl groups is 1. The molecule has 0 aromatic heterocycles. The van der Waals surface area contributed by atoms with Crippen molar-refractivity contribution in [2.24, 2.45) is 0 Å². The monoisotopic (exact) mass is 204 g/mol. The molecule has 0 fully saturated rings. The van der Waals surface area contributed by atoms with Crippen LogP contribution in [0.4, 0.5) is 0 Å². The van der Waals surface area contributed by atoms with Crippen molar-refractivity contribution in [3.63, 3.8) is 0 Å². The second kappa shape index (κ2) is 11.0. The minimum Gasteiger partial charge on any atom is -0.393 e. The minimum atomic E-state index is -0.209. The summed E-state index contributed by atoms with van der Waals surface area (Å²) < 4.78 is 10.7. The van der Waals surface area contributed by atoms with Crippen LogP contribution in [0.1, 0.15) is 39.5 Å². The molecule has 0 aliphatic heterocycles. The van der Waals surface area contributed by atoms with Gasteiger partial charge in [-0.2, -0.15) is 0 Å². The summed E-state index contributed by atoms with van der Waals surface area (Å²) >= 11 is 0. The van der Waals surface area contributed by atoms with Gasteiger partial charge < -0.3 is 14.6 Å². The van der Waals surface area contributed by atoms with Crippen LogP contribution in [0.3, 0.4) is 0 Å². The van der Waals surface area contributed by atoms with Crippen LogP contribution in [0, 0.1) is 0 Å². The van der Waals surface area contributed by atoms with Gasteiger partial charge in [0.1, 0.15) is 0 Å². The average molecular weight is 204 g/mol. The van der Waals surface area contributed by atoms with Crippen LogP contribution >= 0.6 is 0 Å². The maximum atomic E-state index is 8.97. The van der Waals surface area contributed by atoms with Crippen LogP contribution in [0.25, 0.3) is 0 Å². The Bertz CT molecular complexity index is 105. The van der Waals surface area contributed by atoms with Gasteiger partial charge in [0.2, 0.25) is 0 Å². The number of hydrogen-bond acceptors (Lipinski definition) is 3. The van der Waals surface area contributed by atoms with Crippen LogP contribution in [0.5, 0.6) is 0 Å². The second-order valence-corrected chi connectivity index (χ2v) is 3.57. The maximum absolute atomic E-state index is 8.97. The summed E-state index contributed by atoms with van der Waals surface area (Å²) in [5.74, 6) is 0. The summed E-state index contributed by atoms with van der Waals surface area (Å²) in [4.78, 5) is 0. The molecule has 86 valence electrons. The number of hydrogen-bond donors (Lipinski definition) is 1. The Morgan fingerprint density at radius 2 is 1.57 bits per heavy atom. The fourth-order valence-corrected chi connectivity index (χ4v) is 1.05. The Morgan fingerprint density at radius 3 is 2.07 bits per heavy atom. The highest BCUT2D eigenvalue weighted by Gasteiger charge is 1.95. The summed E-state index contributed by atoms with van der Waals surface area (Å²) in [7, 11) is 0. The lowest BCUT2D eigenvalue weighted by Crippen LogP contribution is -2.07. The van der Waals surface area contributed by atoms with Gasteiger partial charge in [-0.25, -0.2) is 0 Å². The molecule has 0 aromatic rings. The van der Waals surface area contributed by atoms with E-state index in [9.17, 15) is 0 Å². The van der Waals surface area contributed by atoms with E-state index in [0.717, 1.165) is 32.5 Å². The van der Waals surface area contributed by atoms with Crippen LogP contribution in [-0.4, -0.2) is 37.6 Å². The Morgan fingerprint density at radius 1 is 1.00 bits per heavy atom. The van der Waals surface area contributed by atoms with Crippen molar-refractivity contribution in [1.29, 1.82) is 0 Å². The molecule has 0 rings (SSSR count). The van der Waals surface area contributed by atoms with E-state index in [0.29, 0.717) is 13.2 Å². The highest BCUT2D eigenvalue weighted by molar-refractivity contribution is 4.46. The summed E-state index contributed by atoms with van der Waals surface area (Å²) in [6.45, 7) is 6.87. The SMILES string of the molecule is CCCCOCCOCCCC(C)O. The molecule has 0 saturated heterocycles. The molecule has 0 aliphatic carbocycles. The summed E-state index contributed by atoms with van der Waals surface area (Å²) in [6.07, 6.45) is 3.83. The molecule has 0 aliphatic rings. The van der Waals surface area contributed by atoms with Gasteiger partial charge >= 0.3 is 0 Å². The molecule has 3 heteroatoms. The zero-order valence-electron chi connectivity index (χ0n) is 9.50. The maximum Gasteiger partial charge on any atom is 0.0700 e. The van der Waals surface area contributed by atoms with E-state index in [1.165, 1.54) is 6.42 Å². The highest BCUT2D eigenvalue weighted by Crippen LogP contribution is 1.95. The van der Waals surface area contributed by atoms with Crippen molar-refractivity contribution in [3.8, 4) is 0 Å². The number of ether oxygens (including phenoxy) is 2. The quantitative estimate of drug-likeness (QED) is 0.553. The first kappa shape index (κ1) is 13.9. The molecule has 0 heterocycles. The molecule has 0 saturated carbocycles. The van der Waals surface area contributed by atoms with Crippen molar-refractivity contribution < 1.29 is 14.6 Å². The average Bonchev–Trinajstić information content (AvgIpc) is 2.15. The van der Waals surface area contributed by atoms with Crippen molar-refractivity contribution in [2.75, 3.05) is 26.4 Å². The molecule has 3 nitrogen and oxygen atoms in total. The van der Waals surface area contributed by atoms with Gasteiger partial charge in [0.05, 0.1) is 19.3 Å². The van der Waals surface area contributed by atoms with Gasteiger partial charge in [-0.1, -0.05) is 13.3 Å². The van der Waals surface area contributed by atoms with E-state index in [1.54, 1.807) is 6.92 Å². The van der Waals surface area contributed by atoms with Crippen molar-refractivity contribution in [2.45, 2.75) is 45.6 Å². The van der Waals surface area contributed by atoms with Crippen molar-refractivity contribution in [3.05, 3.63) is 0 Å². The lowest BCUT2D eigenvalue weighted by atomic mass is 10.2. The highest BCUT2D eigenvalue weighted by atomic mass is 16.5. The first-order valence-electron chi connectivity index (χ1n) is 5.61. The first-order valence-corrected chi connectivity index (χ1v) is 5.61. The van der Waals surface area contributed by atoms with Crippen LogP contribution < -0.4 is 0 Å². The molecule has 1 unspecified atom stereocenters. The standard InChI is InChI=1S/C11H24O3/c1-3-4-7-13-9-10-14-8-5-6-11(2)12/h11-12H,3-10H2,1-2H3. The van der Waals surface area contributed by atoms with E-state index in [2.05, 4.69) is 6.92 Å². The lowest BCUT2D eigenvalue weighted by molar-refractivity contribution is 0.0420.